The molecule has 3 aromatic rings. The van der Waals surface area contributed by atoms with Gasteiger partial charge in [0.1, 0.15) is 18.0 Å². The maximum Gasteiger partial charge on any atom is 0.323 e. The third kappa shape index (κ3) is 4.44. The second kappa shape index (κ2) is 8.38. The normalized spacial score (nSPS) is 13.5. The van der Waals surface area contributed by atoms with Gasteiger partial charge in [-0.3, -0.25) is 15.4 Å². The number of hydrogen-bond acceptors (Lipinski definition) is 6. The molecule has 3 heterocycles. The lowest BCUT2D eigenvalue weighted by molar-refractivity contribution is -0.384. The summed E-state index contributed by atoms with van der Waals surface area (Å²) >= 11 is 0. The second-order valence-corrected chi connectivity index (χ2v) is 7.05. The summed E-state index contributed by atoms with van der Waals surface area (Å²) in [6.07, 6.45) is 3.79. The van der Waals surface area contributed by atoms with Crippen LogP contribution in [0.2, 0.25) is 0 Å². The number of carbonyl (C=O) groups is 1. The van der Waals surface area contributed by atoms with Gasteiger partial charge in [-0.2, -0.15) is 0 Å². The monoisotopic (exact) mass is 426 g/mol. The smallest absolute Gasteiger partial charge is 0.323 e. The Balaban J connectivity index is 1.48. The molecule has 31 heavy (non-hydrogen) atoms. The topological polar surface area (TPSA) is 114 Å². The number of urea groups is 1. The van der Waals surface area contributed by atoms with Crippen molar-refractivity contribution in [2.45, 2.75) is 6.42 Å². The van der Waals surface area contributed by atoms with Crippen LogP contribution in [-0.2, 0) is 6.42 Å². The molecular weight excluding hydrogens is 410 g/mol. The zero-order chi connectivity index (χ0) is 22.0. The molecule has 0 saturated carbocycles. The van der Waals surface area contributed by atoms with E-state index in [1.165, 1.54) is 23.4 Å². The van der Waals surface area contributed by atoms with Crippen LogP contribution in [0, 0.1) is 27.7 Å². The minimum absolute atomic E-state index is 0.0312. The van der Waals surface area contributed by atoms with Crippen molar-refractivity contribution in [3.8, 4) is 11.3 Å². The van der Waals surface area contributed by atoms with E-state index in [0.717, 1.165) is 17.8 Å². The first-order valence-electron chi connectivity index (χ1n) is 9.32. The molecule has 1 saturated heterocycles. The van der Waals surface area contributed by atoms with Crippen LogP contribution in [0.1, 0.15) is 5.69 Å². The van der Waals surface area contributed by atoms with Gasteiger partial charge in [0.2, 0.25) is 5.82 Å². The van der Waals surface area contributed by atoms with Crippen molar-refractivity contribution < 1.29 is 18.5 Å². The Morgan fingerprint density at radius 3 is 2.71 bits per heavy atom. The summed E-state index contributed by atoms with van der Waals surface area (Å²) in [4.78, 5) is 36.7. The minimum Gasteiger partial charge on any atom is -0.324 e. The largest absolute Gasteiger partial charge is 0.324 e. The number of hydrogen-bond donors (Lipinski definition) is 1. The fraction of sp³-hybridized carbons (Fsp3) is 0.200. The second-order valence-electron chi connectivity index (χ2n) is 7.05. The van der Waals surface area contributed by atoms with Crippen LogP contribution >= 0.6 is 0 Å². The standard InChI is InChI=1S/C20H16F2N6O3/c21-13-1-2-15(16(22)8-13)17-3-4-18(28(30)31)19(25-17)26-20(29)27-9-12(10-27)7-14-5-6-23-11-24-14/h1-6,8,11-12H,7,9-10H2,(H,25,26,29). The molecule has 0 radical (unpaired) electrons. The van der Waals surface area contributed by atoms with Crippen molar-refractivity contribution in [1.82, 2.24) is 19.9 Å². The zero-order valence-electron chi connectivity index (χ0n) is 16.0. The number of rotatable bonds is 5. The van der Waals surface area contributed by atoms with Crippen molar-refractivity contribution in [3.63, 3.8) is 0 Å². The molecule has 11 heteroatoms. The summed E-state index contributed by atoms with van der Waals surface area (Å²) in [5, 5.41) is 13.8. The third-order valence-electron chi connectivity index (χ3n) is 4.89. The first-order chi connectivity index (χ1) is 14.9. The molecule has 4 rings (SSSR count). The van der Waals surface area contributed by atoms with Crippen molar-refractivity contribution in [3.05, 3.63) is 76.4 Å². The van der Waals surface area contributed by atoms with E-state index >= 15 is 0 Å². The van der Waals surface area contributed by atoms with Gasteiger partial charge in [-0.15, -0.1) is 0 Å². The lowest BCUT2D eigenvalue weighted by Crippen LogP contribution is -2.52. The van der Waals surface area contributed by atoms with Crippen molar-refractivity contribution in [2.24, 2.45) is 5.92 Å². The summed E-state index contributed by atoms with van der Waals surface area (Å²) in [5.41, 5.74) is 0.424. The molecule has 0 aliphatic carbocycles. The molecule has 1 aliphatic rings. The van der Waals surface area contributed by atoms with Crippen molar-refractivity contribution >= 4 is 17.5 Å². The molecular formula is C20H16F2N6O3. The number of pyridine rings is 1. The molecule has 0 unspecified atom stereocenters. The number of carbonyl (C=O) groups excluding carboxylic acids is 1. The predicted molar refractivity (Wildman–Crippen MR) is 106 cm³/mol. The molecule has 1 aliphatic heterocycles. The number of amides is 2. The molecule has 1 fully saturated rings. The van der Waals surface area contributed by atoms with Crippen LogP contribution in [0.3, 0.4) is 0 Å². The van der Waals surface area contributed by atoms with Gasteiger partial charge < -0.3 is 4.90 Å². The molecule has 1 aromatic carbocycles. The molecule has 1 N–H and O–H groups in total. The predicted octanol–water partition coefficient (Wildman–Crippen LogP) is 3.43. The summed E-state index contributed by atoms with van der Waals surface area (Å²) in [7, 11) is 0. The Morgan fingerprint density at radius 1 is 1.23 bits per heavy atom. The number of aromatic nitrogens is 3. The SMILES string of the molecule is O=C(Nc1nc(-c2ccc(F)cc2F)ccc1[N+](=O)[O-])N1CC(Cc2ccncn2)C1. The first-order valence-corrected chi connectivity index (χ1v) is 9.32. The number of likely N-dealkylation sites (tertiary alicyclic amines) is 1. The van der Waals surface area contributed by atoms with Crippen LogP contribution in [0.5, 0.6) is 0 Å². The molecule has 0 atom stereocenters. The molecule has 0 spiro atoms. The Kier molecular flexibility index (Phi) is 5.48. The lowest BCUT2D eigenvalue weighted by Gasteiger charge is -2.38. The lowest BCUT2D eigenvalue weighted by atomic mass is 9.95. The van der Waals surface area contributed by atoms with Gasteiger partial charge in [0.05, 0.1) is 10.6 Å². The van der Waals surface area contributed by atoms with Crippen LogP contribution in [0.15, 0.2) is 48.9 Å². The van der Waals surface area contributed by atoms with E-state index in [4.69, 9.17) is 0 Å². The Labute approximate surface area is 174 Å². The first kappa shape index (κ1) is 20.3. The Morgan fingerprint density at radius 2 is 2.03 bits per heavy atom. The van der Waals surface area contributed by atoms with Gasteiger partial charge in [0, 0.05) is 42.7 Å². The van der Waals surface area contributed by atoms with E-state index in [2.05, 4.69) is 20.3 Å². The van der Waals surface area contributed by atoms with Crippen LogP contribution in [0.4, 0.5) is 25.1 Å². The highest BCUT2D eigenvalue weighted by atomic mass is 19.1. The average Bonchev–Trinajstić information content (AvgIpc) is 2.71. The number of anilines is 1. The van der Waals surface area contributed by atoms with Crippen molar-refractivity contribution in [2.75, 3.05) is 18.4 Å². The summed E-state index contributed by atoms with van der Waals surface area (Å²) in [6.45, 7) is 0.909. The number of nitrogens with zero attached hydrogens (tertiary/aromatic N) is 5. The van der Waals surface area contributed by atoms with Gasteiger partial charge in [-0.05, 0) is 36.6 Å². The maximum atomic E-state index is 14.1. The van der Waals surface area contributed by atoms with Gasteiger partial charge >= 0.3 is 11.7 Å². The molecule has 158 valence electrons. The number of nitro groups is 1. The van der Waals surface area contributed by atoms with Crippen LogP contribution in [-0.4, -0.2) is 43.9 Å². The highest BCUT2D eigenvalue weighted by molar-refractivity contribution is 5.91. The van der Waals surface area contributed by atoms with E-state index in [-0.39, 0.29) is 23.0 Å². The fourth-order valence-electron chi connectivity index (χ4n) is 3.32. The number of benzene rings is 1. The number of halogens is 2. The quantitative estimate of drug-likeness (QED) is 0.494. The van der Waals surface area contributed by atoms with Gasteiger partial charge in [-0.25, -0.2) is 28.5 Å². The number of nitrogens with one attached hydrogen (secondary N) is 1. The van der Waals surface area contributed by atoms with E-state index < -0.39 is 28.3 Å². The maximum absolute atomic E-state index is 14.1. The summed E-state index contributed by atoms with van der Waals surface area (Å²) in [5.74, 6) is -1.72. The summed E-state index contributed by atoms with van der Waals surface area (Å²) < 4.78 is 27.3. The molecule has 2 amide bonds. The highest BCUT2D eigenvalue weighted by Crippen LogP contribution is 2.29. The van der Waals surface area contributed by atoms with Crippen LogP contribution in [0.25, 0.3) is 11.3 Å². The van der Waals surface area contributed by atoms with E-state index in [1.54, 1.807) is 12.3 Å². The van der Waals surface area contributed by atoms with Crippen molar-refractivity contribution in [1.29, 1.82) is 0 Å². The average molecular weight is 426 g/mol. The molecule has 9 nitrogen and oxygen atoms in total. The van der Waals surface area contributed by atoms with E-state index in [1.807, 2.05) is 0 Å². The Bertz CT molecular complexity index is 1140. The third-order valence-corrected chi connectivity index (χ3v) is 4.89. The highest BCUT2D eigenvalue weighted by Gasteiger charge is 2.32. The summed E-state index contributed by atoms with van der Waals surface area (Å²) in [6, 6.07) is 6.53. The van der Waals surface area contributed by atoms with E-state index in [9.17, 15) is 23.7 Å². The molecule has 0 bridgehead atoms. The molecule has 2 aromatic heterocycles. The minimum atomic E-state index is -0.867. The van der Waals surface area contributed by atoms with Gasteiger partial charge in [0.25, 0.3) is 0 Å². The zero-order valence-corrected chi connectivity index (χ0v) is 16.0. The van der Waals surface area contributed by atoms with Gasteiger partial charge in [-0.1, -0.05) is 0 Å². The fourth-order valence-corrected chi connectivity index (χ4v) is 3.32. The van der Waals surface area contributed by atoms with Crippen LogP contribution < -0.4 is 5.32 Å². The Hall–Kier alpha value is -4.02. The van der Waals surface area contributed by atoms with E-state index in [0.29, 0.717) is 25.6 Å². The van der Waals surface area contributed by atoms with Gasteiger partial charge in [0.15, 0.2) is 0 Å².